The highest BCUT2D eigenvalue weighted by molar-refractivity contribution is 14.1. The number of rotatable bonds is 11. The van der Waals surface area contributed by atoms with Crippen LogP contribution in [0.15, 0.2) is 18.2 Å². The highest BCUT2D eigenvalue weighted by Gasteiger charge is 2.60. The van der Waals surface area contributed by atoms with Crippen LogP contribution in [0.25, 0.3) is 0 Å². The van der Waals surface area contributed by atoms with E-state index in [1.807, 2.05) is 22.6 Å². The lowest BCUT2D eigenvalue weighted by atomic mass is 9.95. The molecule has 16 rings (SSSR count). The molecule has 0 aliphatic carbocycles. The molecule has 89 heavy (non-hydrogen) atoms. The number of hydrogen-bond donors (Lipinski definition) is 20. The van der Waals surface area contributed by atoms with E-state index in [4.69, 9.17) is 75.8 Å². The summed E-state index contributed by atoms with van der Waals surface area (Å²) in [6.07, 6.45) is -70.4. The Morgan fingerprint density at radius 2 is 0.596 bits per heavy atom. The first-order valence-corrected chi connectivity index (χ1v) is 29.3. The van der Waals surface area contributed by atoms with E-state index in [2.05, 4.69) is 0 Å². The zero-order valence-electron chi connectivity index (χ0n) is 46.9. The second-order valence-electron chi connectivity index (χ2n) is 22.2. The van der Waals surface area contributed by atoms with Gasteiger partial charge in [-0.05, 0) is 40.3 Å². The summed E-state index contributed by atoms with van der Waals surface area (Å²) in [5.74, 6) is -0.671. The Bertz CT molecular complexity index is 2400. The van der Waals surface area contributed by atoms with Crippen LogP contribution in [-0.4, -0.2) is 376 Å². The number of methoxy groups -OCH3 is 1. The van der Waals surface area contributed by atoms with Crippen molar-refractivity contribution in [2.75, 3.05) is 53.4 Å². The Labute approximate surface area is 517 Å². The lowest BCUT2D eigenvalue weighted by molar-refractivity contribution is -0.398. The Kier molecular flexibility index (Phi) is 24.7. The molecule has 15 fully saturated rings. The maximum atomic E-state index is 12.4. The minimum atomic E-state index is -2.24. The number of aliphatic hydroxyl groups is 20. The average molecular weight is 1410 g/mol. The highest BCUT2D eigenvalue weighted by atomic mass is 127. The van der Waals surface area contributed by atoms with Crippen molar-refractivity contribution in [2.24, 2.45) is 0 Å². The lowest BCUT2D eigenvalue weighted by Gasteiger charge is -2.50. The van der Waals surface area contributed by atoms with Gasteiger partial charge in [0.25, 0.3) is 0 Å². The molecule has 15 heterocycles. The fourth-order valence-corrected chi connectivity index (χ4v) is 12.5. The minimum absolute atomic E-state index is 0.172. The van der Waals surface area contributed by atoms with E-state index in [-0.39, 0.29) is 5.56 Å². The van der Waals surface area contributed by atoms with Crippen molar-refractivity contribution in [3.8, 4) is 0 Å². The molecule has 0 unspecified atom stereocenters. The first-order chi connectivity index (χ1) is 42.5. The highest BCUT2D eigenvalue weighted by Crippen LogP contribution is 2.40. The van der Waals surface area contributed by atoms with Gasteiger partial charge in [-0.3, -0.25) is 0 Å². The molecule has 20 N–H and O–H groups in total. The van der Waals surface area contributed by atoms with Crippen molar-refractivity contribution in [2.45, 2.75) is 222 Å². The number of benzene rings is 1. The van der Waals surface area contributed by atoms with Crippen molar-refractivity contribution < 1.29 is 183 Å². The maximum Gasteiger partial charge on any atom is 0.338 e. The zero-order valence-corrected chi connectivity index (χ0v) is 49.0. The van der Waals surface area contributed by atoms with Crippen molar-refractivity contribution in [1.82, 2.24) is 0 Å². The molecule has 1 aromatic rings. The molecule has 15 saturated heterocycles. The SMILES string of the molecule is COC(=O)c1ccc(CO[C@H]2[C@H]3O[C@H]4[C@H](O)[C@@H](O)[C@@H](O[C@H]5[C@H](O)[C@@H](O)[C@@H](O[C@H]6[C@H](O)[C@@H](O)[C@@H](O[C@H]7[C@H](O)[C@@H](O)[C@@H](O[C@H]8[C@H](O)[C@@H](O)[C@@H](O[C@H]9[C@H](O)[C@@H](O)[C@@H](O[C@@H]([C@@H]2O)[C@@H](CO)O3)O[C@@H]9CO)O[C@@H]8CO)O[C@@H]7CO)O[C@@H]6CO)O[C@@H]5CO)O[C@@H]4CO)cc1I. The molecule has 0 spiro atoms. The fourth-order valence-electron chi connectivity index (χ4n) is 11.7. The molecule has 510 valence electrons. The molecule has 14 bridgehead atoms. The maximum absolute atomic E-state index is 12.4. The van der Waals surface area contributed by atoms with Gasteiger partial charge in [0.1, 0.15) is 171 Å². The summed E-state index contributed by atoms with van der Waals surface area (Å²) in [6.45, 7) is -7.86. The van der Waals surface area contributed by atoms with E-state index in [0.29, 0.717) is 9.13 Å². The largest absolute Gasteiger partial charge is 0.465 e. The third-order valence-corrected chi connectivity index (χ3v) is 17.5. The third kappa shape index (κ3) is 14.6. The van der Waals surface area contributed by atoms with E-state index < -0.39 is 274 Å². The van der Waals surface area contributed by atoms with Gasteiger partial charge in [0.2, 0.25) is 0 Å². The molecule has 37 nitrogen and oxygen atoms in total. The number of aliphatic hydroxyl groups excluding tert-OH is 20. The molecule has 1 aromatic carbocycles. The van der Waals surface area contributed by atoms with Crippen LogP contribution in [0.4, 0.5) is 0 Å². The van der Waals surface area contributed by atoms with E-state index in [9.17, 15) is 107 Å². The molecule has 0 saturated carbocycles. The Morgan fingerprint density at radius 1 is 0.360 bits per heavy atom. The van der Waals surface area contributed by atoms with E-state index in [0.717, 1.165) is 0 Å². The Hall–Kier alpha value is -1.98. The van der Waals surface area contributed by atoms with Crippen molar-refractivity contribution in [3.63, 3.8) is 0 Å². The average Bonchev–Trinajstić information content (AvgIpc) is 0.877. The van der Waals surface area contributed by atoms with Crippen LogP contribution in [-0.2, 0) is 82.4 Å². The summed E-state index contributed by atoms with van der Waals surface area (Å²) in [5, 5.41) is 224. The predicted octanol–water partition coefficient (Wildman–Crippen LogP) is -12.6. The van der Waals surface area contributed by atoms with Crippen molar-refractivity contribution in [3.05, 3.63) is 32.9 Å². The molecular weight excluding hydrogens is 1330 g/mol. The van der Waals surface area contributed by atoms with Gasteiger partial charge in [0.15, 0.2) is 44.0 Å². The quantitative estimate of drug-likeness (QED) is 0.0723. The van der Waals surface area contributed by atoms with Crippen LogP contribution < -0.4 is 0 Å². The number of ether oxygens (including phenoxy) is 16. The van der Waals surface area contributed by atoms with Gasteiger partial charge in [-0.25, -0.2) is 4.79 Å². The Balaban J connectivity index is 1.03. The number of hydrogen-bond acceptors (Lipinski definition) is 37. The zero-order chi connectivity index (χ0) is 64.6. The summed E-state index contributed by atoms with van der Waals surface area (Å²) in [7, 11) is 1.17. The summed E-state index contributed by atoms with van der Waals surface area (Å²) < 4.78 is 93.0. The second-order valence-corrected chi connectivity index (χ2v) is 23.4. The summed E-state index contributed by atoms with van der Waals surface area (Å²) in [5.41, 5.74) is 0.524. The van der Waals surface area contributed by atoms with Crippen molar-refractivity contribution in [1.29, 1.82) is 0 Å². The molecule has 15 aliphatic rings. The van der Waals surface area contributed by atoms with E-state index in [1.54, 1.807) is 0 Å². The van der Waals surface area contributed by atoms with Crippen LogP contribution >= 0.6 is 22.6 Å². The number of halogens is 1. The topological polar surface area (TPSA) is 569 Å². The summed E-state index contributed by atoms with van der Waals surface area (Å²) in [6, 6.07) is 4.39. The van der Waals surface area contributed by atoms with Gasteiger partial charge in [0, 0.05) is 3.57 Å². The predicted molar refractivity (Wildman–Crippen MR) is 282 cm³/mol. The first-order valence-electron chi connectivity index (χ1n) is 28.2. The van der Waals surface area contributed by atoms with Gasteiger partial charge >= 0.3 is 5.97 Å². The third-order valence-electron chi connectivity index (χ3n) is 16.6. The molecule has 0 amide bonds. The van der Waals surface area contributed by atoms with Gasteiger partial charge in [-0.2, -0.15) is 0 Å². The van der Waals surface area contributed by atoms with Gasteiger partial charge in [-0.1, -0.05) is 6.07 Å². The fraction of sp³-hybridized carbons (Fsp3) is 0.863. The monoisotopic (exact) mass is 1410 g/mol. The number of fused-ring (bicyclic) bond motifs is 7. The van der Waals surface area contributed by atoms with Crippen LogP contribution in [0.3, 0.4) is 0 Å². The van der Waals surface area contributed by atoms with Crippen LogP contribution in [0.5, 0.6) is 0 Å². The number of carbonyl (C=O) groups is 1. The smallest absolute Gasteiger partial charge is 0.338 e. The molecule has 38 heteroatoms. The lowest BCUT2D eigenvalue weighted by Crippen LogP contribution is -2.68. The second kappa shape index (κ2) is 30.8. The summed E-state index contributed by atoms with van der Waals surface area (Å²) >= 11 is 1.86. The van der Waals surface area contributed by atoms with Gasteiger partial charge in [0.05, 0.1) is 65.5 Å². The van der Waals surface area contributed by atoms with Crippen LogP contribution in [0.2, 0.25) is 0 Å². The molecule has 15 aliphatic heterocycles. The molecular formula is C51H77IO37. The van der Waals surface area contributed by atoms with Crippen LogP contribution in [0.1, 0.15) is 15.9 Å². The summed E-state index contributed by atoms with van der Waals surface area (Å²) in [4.78, 5) is 12.4. The molecule has 0 aromatic heterocycles. The number of esters is 1. The minimum Gasteiger partial charge on any atom is -0.465 e. The van der Waals surface area contributed by atoms with Gasteiger partial charge in [-0.15, -0.1) is 0 Å². The standard InChI is InChI=1S/C51H77IO37/c1-74-44(73)14-3-2-13(4-15(14)52)12-75-43-35(72)42-22(11-59)82-51(43)89-41-21(10-58)81-49(34(71)28(41)65)87-39-19(8-56)79-47(32(69)26(39)63)85-37-17(6-54)77-45(30(67)24(37)61)83-36-16(5-53)76-46(29(66)23(36)60)84-38-18(7-55)78-48(31(68)25(38)62)86-40-20(9-57)80-50(88-42)33(70)27(40)64/h2-4,16-43,45-51,53-72H,5-12H2,1H3/t16-,17-,18-,19-,20-,21-,22-,23-,24-,25-,26-,27-,28-,29-,30-,31-,32-,33-,34-,35+,36-,37-,38-,39-,40-,41-,42-,43-,45-,46-,47-,48-,49-,50-,51-/m1/s1. The molecule has 35 atom stereocenters. The van der Waals surface area contributed by atoms with E-state index >= 15 is 0 Å². The number of carbonyl (C=O) groups excluding carboxylic acids is 1. The van der Waals surface area contributed by atoms with Crippen LogP contribution in [0, 0.1) is 3.57 Å². The Morgan fingerprint density at radius 3 is 0.831 bits per heavy atom. The molecule has 0 radical (unpaired) electrons. The van der Waals surface area contributed by atoms with Crippen molar-refractivity contribution >= 4 is 28.6 Å². The first kappa shape index (κ1) is 71.3. The normalized spacial score (nSPS) is 49.4. The van der Waals surface area contributed by atoms with E-state index in [1.165, 1.54) is 25.3 Å². The van der Waals surface area contributed by atoms with Gasteiger partial charge < -0.3 is 178 Å².